The maximum absolute atomic E-state index is 12.3. The highest BCUT2D eigenvalue weighted by atomic mass is 32.2. The molecule has 92 valence electrons. The van der Waals surface area contributed by atoms with Gasteiger partial charge in [0.2, 0.25) is 0 Å². The van der Waals surface area contributed by atoms with Crippen LogP contribution in [0.15, 0.2) is 0 Å². The minimum atomic E-state index is -4.35. The van der Waals surface area contributed by atoms with Gasteiger partial charge in [0.05, 0.1) is 5.92 Å². The molecule has 0 aromatic carbocycles. The van der Waals surface area contributed by atoms with Gasteiger partial charge >= 0.3 is 6.18 Å². The minimum absolute atomic E-state index is 0.109. The molecule has 0 saturated heterocycles. The molecule has 0 spiro atoms. The van der Waals surface area contributed by atoms with Crippen molar-refractivity contribution in [2.45, 2.75) is 32.2 Å². The van der Waals surface area contributed by atoms with E-state index in [4.69, 9.17) is 5.73 Å². The van der Waals surface area contributed by atoms with Gasteiger partial charge in [-0.1, -0.05) is 20.8 Å². The van der Waals surface area contributed by atoms with E-state index in [0.717, 1.165) is 0 Å². The lowest BCUT2D eigenvalue weighted by Crippen LogP contribution is -2.37. The highest BCUT2D eigenvalue weighted by Gasteiger charge is 2.40. The van der Waals surface area contributed by atoms with Crippen LogP contribution in [0.4, 0.5) is 13.2 Å². The lowest BCUT2D eigenvalue weighted by molar-refractivity contribution is -0.165. The first kappa shape index (κ1) is 14.9. The summed E-state index contributed by atoms with van der Waals surface area (Å²) >= 11 is 0. The molecule has 0 bridgehead atoms. The van der Waals surface area contributed by atoms with E-state index in [1.807, 2.05) is 13.8 Å². The third-order valence-electron chi connectivity index (χ3n) is 2.47. The Kier molecular flexibility index (Phi) is 5.80. The zero-order chi connectivity index (χ0) is 12.2. The van der Waals surface area contributed by atoms with Crippen molar-refractivity contribution in [2.75, 3.05) is 12.3 Å². The van der Waals surface area contributed by atoms with E-state index in [0.29, 0.717) is 0 Å². The Morgan fingerprint density at radius 1 is 1.27 bits per heavy atom. The van der Waals surface area contributed by atoms with Crippen molar-refractivity contribution >= 4 is 10.8 Å². The Bertz CT molecular complexity index is 218. The van der Waals surface area contributed by atoms with Crippen LogP contribution in [0.25, 0.3) is 0 Å². The number of rotatable bonds is 5. The monoisotopic (exact) mass is 245 g/mol. The molecule has 0 fully saturated rings. The summed E-state index contributed by atoms with van der Waals surface area (Å²) in [4.78, 5) is 0. The van der Waals surface area contributed by atoms with Crippen LogP contribution in [-0.4, -0.2) is 27.9 Å². The first-order valence-electron chi connectivity index (χ1n) is 4.84. The molecular formula is C9H18F3NOS. The molecule has 0 saturated carbocycles. The molecule has 0 heterocycles. The molecule has 2 N–H and O–H groups in total. The molecule has 0 aliphatic heterocycles. The fourth-order valence-corrected chi connectivity index (χ4v) is 2.58. The van der Waals surface area contributed by atoms with Gasteiger partial charge < -0.3 is 5.73 Å². The van der Waals surface area contributed by atoms with Crippen LogP contribution in [0.5, 0.6) is 0 Å². The van der Waals surface area contributed by atoms with Gasteiger partial charge in [0.1, 0.15) is 0 Å². The molecule has 15 heavy (non-hydrogen) atoms. The summed E-state index contributed by atoms with van der Waals surface area (Å²) in [5.74, 6) is -1.93. The number of hydrogen-bond acceptors (Lipinski definition) is 2. The summed E-state index contributed by atoms with van der Waals surface area (Å²) in [6, 6.07) is 0. The molecule has 6 heteroatoms. The molecule has 2 nitrogen and oxygen atoms in total. The average molecular weight is 245 g/mol. The second-order valence-corrected chi connectivity index (χ2v) is 5.81. The molecule has 0 aromatic heterocycles. The van der Waals surface area contributed by atoms with Gasteiger partial charge in [-0.2, -0.15) is 13.2 Å². The van der Waals surface area contributed by atoms with Crippen molar-refractivity contribution in [3.05, 3.63) is 0 Å². The number of nitrogens with two attached hydrogens (primary N) is 1. The third kappa shape index (κ3) is 4.97. The lowest BCUT2D eigenvalue weighted by atomic mass is 10.1. The maximum atomic E-state index is 12.3. The van der Waals surface area contributed by atoms with Gasteiger partial charge in [0.15, 0.2) is 0 Å². The maximum Gasteiger partial charge on any atom is 0.393 e. The number of hydrogen-bond donors (Lipinski definition) is 1. The third-order valence-corrected chi connectivity index (χ3v) is 4.57. The summed E-state index contributed by atoms with van der Waals surface area (Å²) in [5.41, 5.74) is 5.03. The van der Waals surface area contributed by atoms with E-state index >= 15 is 0 Å². The van der Waals surface area contributed by atoms with Crippen molar-refractivity contribution in [3.63, 3.8) is 0 Å². The summed E-state index contributed by atoms with van der Waals surface area (Å²) in [6.45, 7) is 4.88. The fourth-order valence-electron chi connectivity index (χ4n) is 0.950. The SMILES string of the molecule is CC(C)C(C)S(=O)CC(CN)C(F)(F)F. The van der Waals surface area contributed by atoms with Crippen molar-refractivity contribution in [1.29, 1.82) is 0 Å². The fraction of sp³-hybridized carbons (Fsp3) is 1.00. The standard InChI is InChI=1S/C9H18F3NOS/c1-6(2)7(3)15(14)5-8(4-13)9(10,11)12/h6-8H,4-5,13H2,1-3H3. The molecular weight excluding hydrogens is 227 g/mol. The van der Waals surface area contributed by atoms with Crippen LogP contribution in [0.3, 0.4) is 0 Å². The van der Waals surface area contributed by atoms with Gasteiger partial charge in [-0.15, -0.1) is 0 Å². The normalized spacial score (nSPS) is 18.9. The summed E-state index contributed by atoms with van der Waals surface area (Å²) in [6.07, 6.45) is -4.35. The lowest BCUT2D eigenvalue weighted by Gasteiger charge is -2.21. The molecule has 0 radical (unpaired) electrons. The molecule has 0 amide bonds. The Hall–Kier alpha value is -0.100. The predicted octanol–water partition coefficient (Wildman–Crippen LogP) is 1.92. The van der Waals surface area contributed by atoms with Gasteiger partial charge in [0, 0.05) is 28.3 Å². The molecule has 0 aromatic rings. The van der Waals surface area contributed by atoms with Crippen LogP contribution in [0, 0.1) is 11.8 Å². The highest BCUT2D eigenvalue weighted by molar-refractivity contribution is 7.85. The first-order valence-corrected chi connectivity index (χ1v) is 6.22. The van der Waals surface area contributed by atoms with Crippen molar-refractivity contribution in [2.24, 2.45) is 17.6 Å². The molecule has 0 aliphatic carbocycles. The molecule has 0 rings (SSSR count). The average Bonchev–Trinajstić information content (AvgIpc) is 2.10. The Labute approximate surface area is 90.9 Å². The Morgan fingerprint density at radius 3 is 2.00 bits per heavy atom. The van der Waals surface area contributed by atoms with E-state index in [-0.39, 0.29) is 16.9 Å². The minimum Gasteiger partial charge on any atom is -0.330 e. The largest absolute Gasteiger partial charge is 0.393 e. The van der Waals surface area contributed by atoms with E-state index in [9.17, 15) is 17.4 Å². The van der Waals surface area contributed by atoms with Gasteiger partial charge in [-0.05, 0) is 5.92 Å². The zero-order valence-electron chi connectivity index (χ0n) is 9.17. The van der Waals surface area contributed by atoms with E-state index in [1.165, 1.54) is 0 Å². The predicted molar refractivity (Wildman–Crippen MR) is 55.9 cm³/mol. The van der Waals surface area contributed by atoms with Crippen LogP contribution in [-0.2, 0) is 10.8 Å². The number of halogens is 3. The first-order chi connectivity index (χ1) is 6.70. The molecule has 3 atom stereocenters. The van der Waals surface area contributed by atoms with Gasteiger partial charge in [-0.25, -0.2) is 0 Å². The number of alkyl halides is 3. The molecule has 0 aliphatic rings. The summed E-state index contributed by atoms with van der Waals surface area (Å²) in [7, 11) is -1.47. The van der Waals surface area contributed by atoms with E-state index in [2.05, 4.69) is 0 Å². The van der Waals surface area contributed by atoms with E-state index < -0.39 is 29.4 Å². The quantitative estimate of drug-likeness (QED) is 0.804. The highest BCUT2D eigenvalue weighted by Crippen LogP contribution is 2.27. The second-order valence-electron chi connectivity index (χ2n) is 3.97. The van der Waals surface area contributed by atoms with Crippen molar-refractivity contribution in [1.82, 2.24) is 0 Å². The Balaban J connectivity index is 4.38. The van der Waals surface area contributed by atoms with Crippen LogP contribution in [0.1, 0.15) is 20.8 Å². The van der Waals surface area contributed by atoms with Crippen LogP contribution in [0.2, 0.25) is 0 Å². The second kappa shape index (κ2) is 5.84. The van der Waals surface area contributed by atoms with Gasteiger partial charge in [0.25, 0.3) is 0 Å². The summed E-state index contributed by atoms with van der Waals surface area (Å²) < 4.78 is 48.5. The van der Waals surface area contributed by atoms with Crippen LogP contribution < -0.4 is 5.73 Å². The zero-order valence-corrected chi connectivity index (χ0v) is 9.99. The van der Waals surface area contributed by atoms with Crippen molar-refractivity contribution < 1.29 is 17.4 Å². The van der Waals surface area contributed by atoms with Crippen molar-refractivity contribution in [3.8, 4) is 0 Å². The Morgan fingerprint density at radius 2 is 1.73 bits per heavy atom. The molecule has 3 unspecified atom stereocenters. The van der Waals surface area contributed by atoms with E-state index in [1.54, 1.807) is 6.92 Å². The topological polar surface area (TPSA) is 43.1 Å². The summed E-state index contributed by atoms with van der Waals surface area (Å²) in [5, 5.41) is -0.235. The smallest absolute Gasteiger partial charge is 0.330 e. The van der Waals surface area contributed by atoms with Gasteiger partial charge in [-0.3, -0.25) is 4.21 Å². The van der Waals surface area contributed by atoms with Crippen LogP contribution >= 0.6 is 0 Å².